The molecular weight excluding hydrogens is 691 g/mol. The fourth-order valence-corrected chi connectivity index (χ4v) is 9.01. The van der Waals surface area contributed by atoms with Crippen LogP contribution in [0, 0.1) is 34.9 Å². The standard InChI is InChI=1S/C40H38ClFN2O8/c1-40-29(37(49)44(39(40)51)23-11-16-31(42)30(41)18-23)20-28-25(14-15-27-34(28)38(50)43(36(27)48)17-7-3-6-10-33(46)47)35(40)26-13-12-24(19-32(26)45)52-21-22-8-4-2-5-9-22/h2,4-5,8-9,11-14,16,18-19,27-29,34-35,45H,3,6-7,10,15,17,20-21H2,1H3,(H,46,47). The summed E-state index contributed by atoms with van der Waals surface area (Å²) in [7, 11) is 0. The molecule has 3 aromatic rings. The molecule has 0 spiro atoms. The zero-order chi connectivity index (χ0) is 36.9. The second-order valence-electron chi connectivity index (χ2n) is 14.3. The van der Waals surface area contributed by atoms with Crippen LogP contribution in [0.2, 0.25) is 5.02 Å². The SMILES string of the molecule is CC12C(=O)N(c3ccc(F)c(Cl)c3)C(=O)C1CC1C(=CCC3C(=O)N(CCCCCC(=O)O)C(=O)C31)C2c1ccc(OCc2ccccc2)cc1O. The number of nitrogens with zero attached hydrogens (tertiary/aromatic N) is 2. The quantitative estimate of drug-likeness (QED) is 0.127. The number of anilines is 1. The number of fused-ring (bicyclic) bond motifs is 4. The largest absolute Gasteiger partial charge is 0.508 e. The van der Waals surface area contributed by atoms with E-state index < -0.39 is 58.6 Å². The number of carbonyl (C=O) groups excluding carboxylic acids is 4. The lowest BCUT2D eigenvalue weighted by Crippen LogP contribution is -2.48. The monoisotopic (exact) mass is 728 g/mol. The van der Waals surface area contributed by atoms with Gasteiger partial charge in [0.25, 0.3) is 0 Å². The minimum absolute atomic E-state index is 0.00487. The molecule has 10 nitrogen and oxygen atoms in total. The van der Waals surface area contributed by atoms with Crippen molar-refractivity contribution >= 4 is 46.9 Å². The first kappa shape index (κ1) is 35.4. The van der Waals surface area contributed by atoms with Gasteiger partial charge >= 0.3 is 5.97 Å². The molecule has 3 fully saturated rings. The number of hydrogen-bond donors (Lipinski definition) is 2. The predicted octanol–water partition coefficient (Wildman–Crippen LogP) is 6.64. The van der Waals surface area contributed by atoms with E-state index >= 15 is 0 Å². The maximum Gasteiger partial charge on any atom is 0.303 e. The van der Waals surface area contributed by atoms with Crippen molar-refractivity contribution < 1.29 is 43.3 Å². The first-order chi connectivity index (χ1) is 24.9. The number of carbonyl (C=O) groups is 5. The summed E-state index contributed by atoms with van der Waals surface area (Å²) in [6.45, 7) is 2.12. The molecule has 0 bridgehead atoms. The Labute approximate surface area is 304 Å². The van der Waals surface area contributed by atoms with Crippen molar-refractivity contribution in [1.82, 2.24) is 4.90 Å². The van der Waals surface area contributed by atoms with Crippen LogP contribution >= 0.6 is 11.6 Å². The number of phenols is 1. The predicted molar refractivity (Wildman–Crippen MR) is 188 cm³/mol. The van der Waals surface area contributed by atoms with E-state index in [0.717, 1.165) is 16.5 Å². The zero-order valence-corrected chi connectivity index (χ0v) is 29.2. The number of ether oxygens (including phenoxy) is 1. The van der Waals surface area contributed by atoms with E-state index in [1.54, 1.807) is 19.1 Å². The Morgan fingerprint density at radius 3 is 2.44 bits per heavy atom. The van der Waals surface area contributed by atoms with Gasteiger partial charge in [-0.05, 0) is 68.4 Å². The van der Waals surface area contributed by atoms with Crippen molar-refractivity contribution in [3.8, 4) is 11.5 Å². The Bertz CT molecular complexity index is 2000. The van der Waals surface area contributed by atoms with E-state index in [2.05, 4.69) is 0 Å². The number of likely N-dealkylation sites (tertiary alicyclic amines) is 1. The fourth-order valence-electron chi connectivity index (χ4n) is 8.84. The van der Waals surface area contributed by atoms with Gasteiger partial charge in [-0.3, -0.25) is 28.9 Å². The number of benzene rings is 3. The van der Waals surface area contributed by atoms with Gasteiger partial charge in [-0.15, -0.1) is 0 Å². The molecule has 2 aliphatic heterocycles. The van der Waals surface area contributed by atoms with Crippen LogP contribution in [0.1, 0.15) is 62.5 Å². The highest BCUT2D eigenvalue weighted by molar-refractivity contribution is 6.31. The number of halogens is 2. The van der Waals surface area contributed by atoms with Crippen LogP contribution in [-0.4, -0.2) is 51.3 Å². The van der Waals surface area contributed by atoms with Crippen LogP contribution in [0.15, 0.2) is 78.4 Å². The van der Waals surface area contributed by atoms with Gasteiger partial charge in [-0.1, -0.05) is 66.1 Å². The molecule has 2 heterocycles. The molecule has 6 unspecified atom stereocenters. The second kappa shape index (κ2) is 13.8. The van der Waals surface area contributed by atoms with Crippen LogP contribution in [0.5, 0.6) is 11.5 Å². The number of aliphatic carboxylic acids is 1. The van der Waals surface area contributed by atoms with Gasteiger partial charge in [0.1, 0.15) is 23.9 Å². The smallest absolute Gasteiger partial charge is 0.303 e. The maximum atomic E-state index is 14.6. The second-order valence-corrected chi connectivity index (χ2v) is 14.7. The molecule has 3 aromatic carbocycles. The van der Waals surface area contributed by atoms with Crippen LogP contribution in [0.25, 0.3) is 0 Å². The zero-order valence-electron chi connectivity index (χ0n) is 28.5. The van der Waals surface area contributed by atoms with Crippen molar-refractivity contribution in [2.24, 2.45) is 29.1 Å². The van der Waals surface area contributed by atoms with E-state index in [1.807, 2.05) is 36.4 Å². The first-order valence-electron chi connectivity index (χ1n) is 17.5. The molecule has 2 aliphatic carbocycles. The topological polar surface area (TPSA) is 142 Å². The molecule has 6 atom stereocenters. The highest BCUT2D eigenvalue weighted by Gasteiger charge is 2.67. The number of imide groups is 2. The molecule has 52 heavy (non-hydrogen) atoms. The number of phenolic OH excluding ortho intramolecular Hbond substituents is 1. The summed E-state index contributed by atoms with van der Waals surface area (Å²) >= 11 is 6.09. The Hall–Kier alpha value is -5.03. The molecular formula is C40H38ClFN2O8. The van der Waals surface area contributed by atoms with Gasteiger partial charge in [0.2, 0.25) is 23.6 Å². The third-order valence-corrected chi connectivity index (χ3v) is 11.7. The van der Waals surface area contributed by atoms with E-state index in [-0.39, 0.29) is 60.7 Å². The molecule has 1 saturated carbocycles. The van der Waals surface area contributed by atoms with E-state index in [0.29, 0.717) is 36.1 Å². The normalized spacial score (nSPS) is 26.6. The summed E-state index contributed by atoms with van der Waals surface area (Å²) in [6.07, 6.45) is 3.69. The molecule has 0 aromatic heterocycles. The van der Waals surface area contributed by atoms with Crippen LogP contribution < -0.4 is 9.64 Å². The molecule has 7 rings (SSSR count). The first-order valence-corrected chi connectivity index (χ1v) is 17.9. The lowest BCUT2D eigenvalue weighted by Gasteiger charge is -2.49. The van der Waals surface area contributed by atoms with Gasteiger partial charge < -0.3 is 14.9 Å². The van der Waals surface area contributed by atoms with Crippen molar-refractivity contribution in [3.05, 3.63) is 100 Å². The summed E-state index contributed by atoms with van der Waals surface area (Å²) in [5, 5.41) is 20.3. The number of carboxylic acid groups (broad SMARTS) is 1. The third-order valence-electron chi connectivity index (χ3n) is 11.4. The number of rotatable bonds is 11. The molecule has 12 heteroatoms. The Kier molecular flexibility index (Phi) is 9.41. The van der Waals surface area contributed by atoms with Gasteiger partial charge in [0.15, 0.2) is 0 Å². The number of hydrogen-bond acceptors (Lipinski definition) is 7. The molecule has 4 aliphatic rings. The summed E-state index contributed by atoms with van der Waals surface area (Å²) in [5.74, 6) is -6.90. The van der Waals surface area contributed by atoms with Gasteiger partial charge in [-0.25, -0.2) is 9.29 Å². The van der Waals surface area contributed by atoms with Gasteiger partial charge in [-0.2, -0.15) is 0 Å². The highest BCUT2D eigenvalue weighted by atomic mass is 35.5. The highest BCUT2D eigenvalue weighted by Crippen LogP contribution is 2.64. The average molecular weight is 729 g/mol. The maximum absolute atomic E-state index is 14.6. The lowest BCUT2D eigenvalue weighted by atomic mass is 9.51. The number of allylic oxidation sites excluding steroid dienone is 2. The van der Waals surface area contributed by atoms with Crippen LogP contribution in [-0.2, 0) is 30.6 Å². The number of carboxylic acids is 1. The summed E-state index contributed by atoms with van der Waals surface area (Å²) < 4.78 is 20.1. The van der Waals surface area contributed by atoms with Gasteiger partial charge in [0, 0.05) is 30.5 Å². The van der Waals surface area contributed by atoms with Crippen LogP contribution in [0.3, 0.4) is 0 Å². The Morgan fingerprint density at radius 1 is 0.962 bits per heavy atom. The summed E-state index contributed by atoms with van der Waals surface area (Å²) in [5.41, 5.74) is 0.700. The molecule has 4 amide bonds. The van der Waals surface area contributed by atoms with E-state index in [9.17, 15) is 33.5 Å². The Balaban J connectivity index is 1.25. The Morgan fingerprint density at radius 2 is 1.73 bits per heavy atom. The molecule has 2 saturated heterocycles. The lowest BCUT2D eigenvalue weighted by molar-refractivity contribution is -0.141. The van der Waals surface area contributed by atoms with E-state index in [4.69, 9.17) is 21.4 Å². The fraction of sp³-hybridized carbons (Fsp3) is 0.375. The van der Waals surface area contributed by atoms with Crippen molar-refractivity contribution in [2.75, 3.05) is 11.4 Å². The van der Waals surface area contributed by atoms with Crippen molar-refractivity contribution in [3.63, 3.8) is 0 Å². The molecule has 0 radical (unpaired) electrons. The number of amides is 4. The number of unbranched alkanes of at least 4 members (excludes halogenated alkanes) is 2. The third kappa shape index (κ3) is 5.94. The minimum atomic E-state index is -1.42. The van der Waals surface area contributed by atoms with Crippen molar-refractivity contribution in [1.29, 1.82) is 0 Å². The minimum Gasteiger partial charge on any atom is -0.508 e. The van der Waals surface area contributed by atoms with E-state index in [1.165, 1.54) is 23.1 Å². The molecule has 270 valence electrons. The van der Waals surface area contributed by atoms with Crippen molar-refractivity contribution in [2.45, 2.75) is 58.0 Å². The summed E-state index contributed by atoms with van der Waals surface area (Å²) in [6, 6.07) is 18.0. The van der Waals surface area contributed by atoms with Gasteiger partial charge in [0.05, 0.1) is 33.9 Å². The average Bonchev–Trinajstić information content (AvgIpc) is 3.48. The number of aromatic hydroxyl groups is 1. The molecule has 2 N–H and O–H groups in total. The van der Waals surface area contributed by atoms with Crippen LogP contribution in [0.4, 0.5) is 10.1 Å². The summed E-state index contributed by atoms with van der Waals surface area (Å²) in [4.78, 5) is 70.0.